The molecule has 0 atom stereocenters. The predicted octanol–water partition coefficient (Wildman–Crippen LogP) is 0.583. The van der Waals surface area contributed by atoms with Crippen LogP contribution in [0.4, 0.5) is 0 Å². The summed E-state index contributed by atoms with van der Waals surface area (Å²) in [7, 11) is 0. The Balaban J connectivity index is 1.67. The zero-order valence-electron chi connectivity index (χ0n) is 10.9. The highest BCUT2D eigenvalue weighted by Gasteiger charge is 2.24. The highest BCUT2D eigenvalue weighted by Crippen LogP contribution is 2.15. The number of benzene rings is 1. The third-order valence-electron chi connectivity index (χ3n) is 3.32. The number of rotatable bonds is 7. The van der Waals surface area contributed by atoms with E-state index in [0.29, 0.717) is 12.5 Å². The quantitative estimate of drug-likeness (QED) is 0.753. The maximum Gasteiger partial charge on any atom is 0.307 e. The number of ether oxygens (including phenoxy) is 1. The Morgan fingerprint density at radius 2 is 2.05 bits per heavy atom. The SMILES string of the molecule is NCC1CN(CCOc2ccc(CC(=O)O)cc2)C1. The molecule has 5 heteroatoms. The van der Waals surface area contributed by atoms with Gasteiger partial charge in [-0.15, -0.1) is 0 Å². The van der Waals surface area contributed by atoms with Gasteiger partial charge in [0.15, 0.2) is 0 Å². The Morgan fingerprint density at radius 1 is 1.37 bits per heavy atom. The lowest BCUT2D eigenvalue weighted by Crippen LogP contribution is -2.50. The van der Waals surface area contributed by atoms with Crippen LogP contribution in [0.2, 0.25) is 0 Å². The number of carboxylic acids is 1. The van der Waals surface area contributed by atoms with E-state index >= 15 is 0 Å². The highest BCUT2D eigenvalue weighted by molar-refractivity contribution is 5.70. The molecule has 0 radical (unpaired) electrons. The number of aliphatic carboxylic acids is 1. The standard InChI is InChI=1S/C14H20N2O3/c15-8-12-9-16(10-12)5-6-19-13-3-1-11(2-4-13)7-14(17)18/h1-4,12H,5-10,15H2,(H,17,18). The average Bonchev–Trinajstić information content (AvgIpc) is 2.33. The summed E-state index contributed by atoms with van der Waals surface area (Å²) in [5, 5.41) is 8.67. The molecule has 1 fully saturated rings. The van der Waals surface area contributed by atoms with E-state index in [-0.39, 0.29) is 6.42 Å². The molecule has 0 unspecified atom stereocenters. The zero-order chi connectivity index (χ0) is 13.7. The minimum atomic E-state index is -0.819. The number of likely N-dealkylation sites (tertiary alicyclic amines) is 1. The van der Waals surface area contributed by atoms with Crippen LogP contribution in [0.25, 0.3) is 0 Å². The second-order valence-electron chi connectivity index (χ2n) is 4.92. The Labute approximate surface area is 113 Å². The molecule has 0 aliphatic carbocycles. The summed E-state index contributed by atoms with van der Waals surface area (Å²) in [5.74, 6) is 0.612. The number of carboxylic acid groups (broad SMARTS) is 1. The molecule has 19 heavy (non-hydrogen) atoms. The number of nitrogens with two attached hydrogens (primary N) is 1. The molecule has 0 saturated carbocycles. The van der Waals surface area contributed by atoms with Crippen LogP contribution in [0.3, 0.4) is 0 Å². The Hall–Kier alpha value is -1.59. The largest absolute Gasteiger partial charge is 0.492 e. The van der Waals surface area contributed by atoms with Gasteiger partial charge in [-0.25, -0.2) is 0 Å². The monoisotopic (exact) mass is 264 g/mol. The number of hydrogen-bond acceptors (Lipinski definition) is 4. The summed E-state index contributed by atoms with van der Waals surface area (Å²) in [6, 6.07) is 7.21. The Morgan fingerprint density at radius 3 is 2.63 bits per heavy atom. The van der Waals surface area contributed by atoms with Crippen molar-refractivity contribution in [1.29, 1.82) is 0 Å². The van der Waals surface area contributed by atoms with Crippen LogP contribution < -0.4 is 10.5 Å². The van der Waals surface area contributed by atoms with E-state index in [1.165, 1.54) is 0 Å². The van der Waals surface area contributed by atoms with Gasteiger partial charge in [-0.2, -0.15) is 0 Å². The number of nitrogens with zero attached hydrogens (tertiary/aromatic N) is 1. The first-order valence-electron chi connectivity index (χ1n) is 6.53. The fourth-order valence-corrected chi connectivity index (χ4v) is 2.18. The van der Waals surface area contributed by atoms with Gasteiger partial charge in [0, 0.05) is 19.6 Å². The third kappa shape index (κ3) is 4.22. The summed E-state index contributed by atoms with van der Waals surface area (Å²) in [4.78, 5) is 12.9. The van der Waals surface area contributed by atoms with Gasteiger partial charge < -0.3 is 15.6 Å². The summed E-state index contributed by atoms with van der Waals surface area (Å²) >= 11 is 0. The van der Waals surface area contributed by atoms with Crippen LogP contribution in [0.5, 0.6) is 5.75 Å². The maximum atomic E-state index is 10.5. The highest BCUT2D eigenvalue weighted by atomic mass is 16.5. The molecule has 1 aromatic carbocycles. The Bertz CT molecular complexity index is 413. The van der Waals surface area contributed by atoms with Gasteiger partial charge in [-0.1, -0.05) is 12.1 Å². The molecule has 0 aromatic heterocycles. The molecule has 1 aromatic rings. The maximum absolute atomic E-state index is 10.5. The molecule has 0 spiro atoms. The van der Waals surface area contributed by atoms with Crippen molar-refractivity contribution in [3.05, 3.63) is 29.8 Å². The topological polar surface area (TPSA) is 75.8 Å². The van der Waals surface area contributed by atoms with Crippen molar-refractivity contribution in [3.63, 3.8) is 0 Å². The predicted molar refractivity (Wildman–Crippen MR) is 72.3 cm³/mol. The van der Waals surface area contributed by atoms with E-state index in [1.54, 1.807) is 12.1 Å². The van der Waals surface area contributed by atoms with Crippen LogP contribution >= 0.6 is 0 Å². The van der Waals surface area contributed by atoms with Crippen molar-refractivity contribution in [3.8, 4) is 5.75 Å². The van der Waals surface area contributed by atoms with Crippen molar-refractivity contribution in [2.45, 2.75) is 6.42 Å². The van der Waals surface area contributed by atoms with Crippen molar-refractivity contribution >= 4 is 5.97 Å². The van der Waals surface area contributed by atoms with E-state index in [4.69, 9.17) is 15.6 Å². The third-order valence-corrected chi connectivity index (χ3v) is 3.32. The van der Waals surface area contributed by atoms with Crippen molar-refractivity contribution in [1.82, 2.24) is 4.90 Å². The summed E-state index contributed by atoms with van der Waals surface area (Å²) < 4.78 is 5.62. The molecule has 1 saturated heterocycles. The molecule has 0 amide bonds. The van der Waals surface area contributed by atoms with Gasteiger partial charge in [0.1, 0.15) is 12.4 Å². The van der Waals surface area contributed by atoms with Crippen molar-refractivity contribution in [2.75, 3.05) is 32.8 Å². The lowest BCUT2D eigenvalue weighted by Gasteiger charge is -2.38. The van der Waals surface area contributed by atoms with Crippen molar-refractivity contribution < 1.29 is 14.6 Å². The van der Waals surface area contributed by atoms with E-state index in [9.17, 15) is 4.79 Å². The van der Waals surface area contributed by atoms with E-state index in [1.807, 2.05) is 12.1 Å². The van der Waals surface area contributed by atoms with Gasteiger partial charge in [-0.05, 0) is 30.2 Å². The molecular formula is C14H20N2O3. The zero-order valence-corrected chi connectivity index (χ0v) is 10.9. The number of hydrogen-bond donors (Lipinski definition) is 2. The van der Waals surface area contributed by atoms with Gasteiger partial charge in [-0.3, -0.25) is 9.69 Å². The fourth-order valence-electron chi connectivity index (χ4n) is 2.18. The lowest BCUT2D eigenvalue weighted by molar-refractivity contribution is -0.136. The molecule has 1 aliphatic rings. The molecule has 1 aliphatic heterocycles. The molecule has 3 N–H and O–H groups in total. The van der Waals surface area contributed by atoms with Gasteiger partial charge in [0.2, 0.25) is 0 Å². The summed E-state index contributed by atoms with van der Waals surface area (Å²) in [6.45, 7) is 4.46. The van der Waals surface area contributed by atoms with E-state index in [0.717, 1.165) is 37.5 Å². The molecule has 0 bridgehead atoms. The van der Waals surface area contributed by atoms with Crippen LogP contribution in [0, 0.1) is 5.92 Å². The minimum Gasteiger partial charge on any atom is -0.492 e. The van der Waals surface area contributed by atoms with E-state index in [2.05, 4.69) is 4.90 Å². The molecular weight excluding hydrogens is 244 g/mol. The van der Waals surface area contributed by atoms with Gasteiger partial charge in [0.05, 0.1) is 6.42 Å². The second-order valence-corrected chi connectivity index (χ2v) is 4.92. The fraction of sp³-hybridized carbons (Fsp3) is 0.500. The summed E-state index contributed by atoms with van der Waals surface area (Å²) in [5.41, 5.74) is 6.35. The number of carbonyl (C=O) groups is 1. The molecule has 104 valence electrons. The van der Waals surface area contributed by atoms with Crippen LogP contribution in [0.1, 0.15) is 5.56 Å². The van der Waals surface area contributed by atoms with Crippen LogP contribution in [0.15, 0.2) is 24.3 Å². The first-order valence-corrected chi connectivity index (χ1v) is 6.53. The first kappa shape index (κ1) is 13.8. The first-order chi connectivity index (χ1) is 9.17. The molecule has 5 nitrogen and oxygen atoms in total. The van der Waals surface area contributed by atoms with Gasteiger partial charge in [0.25, 0.3) is 0 Å². The summed E-state index contributed by atoms with van der Waals surface area (Å²) in [6.07, 6.45) is 0.0501. The minimum absolute atomic E-state index is 0.0501. The van der Waals surface area contributed by atoms with Gasteiger partial charge >= 0.3 is 5.97 Å². The normalized spacial score (nSPS) is 16.1. The molecule has 2 rings (SSSR count). The smallest absolute Gasteiger partial charge is 0.307 e. The second kappa shape index (κ2) is 6.54. The Kier molecular flexibility index (Phi) is 4.76. The van der Waals surface area contributed by atoms with Crippen molar-refractivity contribution in [2.24, 2.45) is 11.7 Å². The lowest BCUT2D eigenvalue weighted by atomic mass is 10.0. The average molecular weight is 264 g/mol. The molecule has 1 heterocycles. The van der Waals surface area contributed by atoms with Crippen LogP contribution in [-0.2, 0) is 11.2 Å². The van der Waals surface area contributed by atoms with Crippen LogP contribution in [-0.4, -0.2) is 48.8 Å². The van der Waals surface area contributed by atoms with E-state index < -0.39 is 5.97 Å².